The van der Waals surface area contributed by atoms with Crippen molar-refractivity contribution in [2.75, 3.05) is 12.4 Å². The zero-order chi connectivity index (χ0) is 14.5. The second-order valence-electron chi connectivity index (χ2n) is 4.18. The number of aryl methyl sites for hydroxylation is 1. The Labute approximate surface area is 121 Å². The molecule has 1 atom stereocenters. The smallest absolute Gasteiger partial charge is 0.266 e. The fraction of sp³-hybridized carbons (Fsp3) is 0.286. The van der Waals surface area contributed by atoms with E-state index < -0.39 is 6.10 Å². The molecule has 6 heteroatoms. The van der Waals surface area contributed by atoms with Gasteiger partial charge in [0.15, 0.2) is 22.7 Å². The molecule has 0 spiro atoms. The lowest BCUT2D eigenvalue weighted by Gasteiger charge is -2.15. The molecule has 1 N–H and O–H groups in total. The average Bonchev–Trinajstić information content (AvgIpc) is 2.84. The van der Waals surface area contributed by atoms with Crippen LogP contribution in [0.15, 0.2) is 30.5 Å². The molecule has 1 amide bonds. The molecule has 20 heavy (non-hydrogen) atoms. The minimum atomic E-state index is -0.643. The number of nitrogens with zero attached hydrogens (tertiary/aromatic N) is 1. The van der Waals surface area contributed by atoms with Gasteiger partial charge < -0.3 is 9.47 Å². The molecule has 0 aliphatic heterocycles. The second-order valence-corrected chi connectivity index (χ2v) is 5.41. The number of carbonyl (C=O) groups excluding carboxylic acids is 1. The van der Waals surface area contributed by atoms with E-state index in [1.165, 1.54) is 11.3 Å². The van der Waals surface area contributed by atoms with Crippen LogP contribution in [0.1, 0.15) is 11.8 Å². The number of amides is 1. The molecule has 106 valence electrons. The first-order chi connectivity index (χ1) is 9.60. The minimum absolute atomic E-state index is 0.245. The van der Waals surface area contributed by atoms with Gasteiger partial charge in [-0.3, -0.25) is 10.1 Å². The molecule has 0 unspecified atom stereocenters. The maximum atomic E-state index is 12.0. The Morgan fingerprint density at radius 1 is 1.35 bits per heavy atom. The number of nitrogens with one attached hydrogen (secondary N) is 1. The van der Waals surface area contributed by atoms with Crippen molar-refractivity contribution in [3.05, 3.63) is 35.3 Å². The molecule has 0 aliphatic carbocycles. The molecule has 0 saturated heterocycles. The Kier molecular flexibility index (Phi) is 4.57. The van der Waals surface area contributed by atoms with Crippen LogP contribution in [0.4, 0.5) is 5.13 Å². The summed E-state index contributed by atoms with van der Waals surface area (Å²) in [7, 11) is 1.56. The van der Waals surface area contributed by atoms with Crippen LogP contribution >= 0.6 is 11.3 Å². The van der Waals surface area contributed by atoms with Crippen molar-refractivity contribution in [3.8, 4) is 11.5 Å². The quantitative estimate of drug-likeness (QED) is 0.920. The number of para-hydroxylation sites is 2. The number of thiazole rings is 1. The first-order valence-corrected chi connectivity index (χ1v) is 6.94. The number of hydrogen-bond acceptors (Lipinski definition) is 5. The second kappa shape index (κ2) is 6.38. The lowest BCUT2D eigenvalue weighted by molar-refractivity contribution is -0.122. The highest BCUT2D eigenvalue weighted by atomic mass is 32.1. The zero-order valence-electron chi connectivity index (χ0n) is 11.5. The minimum Gasteiger partial charge on any atom is -0.493 e. The standard InChI is InChI=1S/C14H16N2O3S/c1-9-8-15-14(20-9)16-13(17)10(2)19-12-7-5-4-6-11(12)18-3/h4-8,10H,1-3H3,(H,15,16,17)/t10-/m0/s1. The fourth-order valence-corrected chi connectivity index (χ4v) is 2.25. The van der Waals surface area contributed by atoms with Gasteiger partial charge in [0.1, 0.15) is 0 Å². The molecule has 2 aromatic rings. The van der Waals surface area contributed by atoms with Gasteiger partial charge in [-0.15, -0.1) is 11.3 Å². The number of rotatable bonds is 5. The maximum Gasteiger partial charge on any atom is 0.266 e. The van der Waals surface area contributed by atoms with Crippen molar-refractivity contribution in [2.45, 2.75) is 20.0 Å². The number of aromatic nitrogens is 1. The monoisotopic (exact) mass is 292 g/mol. The summed E-state index contributed by atoms with van der Waals surface area (Å²) in [5.74, 6) is 0.885. The first kappa shape index (κ1) is 14.3. The molecular weight excluding hydrogens is 276 g/mol. The Morgan fingerprint density at radius 3 is 2.65 bits per heavy atom. The summed E-state index contributed by atoms with van der Waals surface area (Å²) < 4.78 is 10.8. The number of ether oxygens (including phenoxy) is 2. The van der Waals surface area contributed by atoms with Crippen LogP contribution in [-0.2, 0) is 4.79 Å². The Balaban J connectivity index is 2.00. The van der Waals surface area contributed by atoms with Gasteiger partial charge in [-0.2, -0.15) is 0 Å². The molecule has 0 aliphatic rings. The van der Waals surface area contributed by atoms with E-state index >= 15 is 0 Å². The normalized spacial score (nSPS) is 11.8. The lowest BCUT2D eigenvalue weighted by Crippen LogP contribution is -2.30. The predicted molar refractivity (Wildman–Crippen MR) is 78.6 cm³/mol. The van der Waals surface area contributed by atoms with Crippen LogP contribution in [-0.4, -0.2) is 24.1 Å². The van der Waals surface area contributed by atoms with E-state index in [-0.39, 0.29) is 5.91 Å². The average molecular weight is 292 g/mol. The molecular formula is C14H16N2O3S. The van der Waals surface area contributed by atoms with Gasteiger partial charge >= 0.3 is 0 Å². The van der Waals surface area contributed by atoms with Crippen molar-refractivity contribution < 1.29 is 14.3 Å². The van der Waals surface area contributed by atoms with Crippen molar-refractivity contribution in [1.29, 1.82) is 0 Å². The number of carbonyl (C=O) groups is 1. The highest BCUT2D eigenvalue weighted by Gasteiger charge is 2.17. The Morgan fingerprint density at radius 2 is 2.05 bits per heavy atom. The van der Waals surface area contributed by atoms with Crippen LogP contribution < -0.4 is 14.8 Å². The van der Waals surface area contributed by atoms with Gasteiger partial charge in [-0.1, -0.05) is 12.1 Å². The maximum absolute atomic E-state index is 12.0. The van der Waals surface area contributed by atoms with E-state index in [4.69, 9.17) is 9.47 Å². The van der Waals surface area contributed by atoms with E-state index in [0.717, 1.165) is 4.88 Å². The lowest BCUT2D eigenvalue weighted by atomic mass is 10.3. The largest absolute Gasteiger partial charge is 0.493 e. The summed E-state index contributed by atoms with van der Waals surface area (Å²) >= 11 is 1.42. The summed E-state index contributed by atoms with van der Waals surface area (Å²) in [6.07, 6.45) is 1.07. The molecule has 1 aromatic carbocycles. The molecule has 0 radical (unpaired) electrons. The number of hydrogen-bond donors (Lipinski definition) is 1. The van der Waals surface area contributed by atoms with Crippen molar-refractivity contribution in [3.63, 3.8) is 0 Å². The highest BCUT2D eigenvalue weighted by molar-refractivity contribution is 7.15. The number of anilines is 1. The third-order valence-corrected chi connectivity index (χ3v) is 3.42. The van der Waals surface area contributed by atoms with Gasteiger partial charge in [0.25, 0.3) is 5.91 Å². The van der Waals surface area contributed by atoms with Gasteiger partial charge in [0, 0.05) is 11.1 Å². The highest BCUT2D eigenvalue weighted by Crippen LogP contribution is 2.27. The molecule has 0 bridgehead atoms. The molecule has 1 heterocycles. The van der Waals surface area contributed by atoms with Gasteiger partial charge in [-0.25, -0.2) is 4.98 Å². The molecule has 5 nitrogen and oxygen atoms in total. The summed E-state index contributed by atoms with van der Waals surface area (Å²) in [5.41, 5.74) is 0. The summed E-state index contributed by atoms with van der Waals surface area (Å²) in [6.45, 7) is 3.62. The third kappa shape index (κ3) is 3.48. The Hall–Kier alpha value is -2.08. The van der Waals surface area contributed by atoms with Crippen LogP contribution in [0, 0.1) is 6.92 Å². The molecule has 0 fully saturated rings. The molecule has 0 saturated carbocycles. The first-order valence-electron chi connectivity index (χ1n) is 6.13. The van der Waals surface area contributed by atoms with Crippen molar-refractivity contribution >= 4 is 22.4 Å². The van der Waals surface area contributed by atoms with E-state index in [0.29, 0.717) is 16.6 Å². The van der Waals surface area contributed by atoms with Crippen LogP contribution in [0.5, 0.6) is 11.5 Å². The topological polar surface area (TPSA) is 60.5 Å². The van der Waals surface area contributed by atoms with Gasteiger partial charge in [0.05, 0.1) is 7.11 Å². The van der Waals surface area contributed by atoms with Gasteiger partial charge in [0.2, 0.25) is 0 Å². The van der Waals surface area contributed by atoms with E-state index in [2.05, 4.69) is 10.3 Å². The summed E-state index contributed by atoms with van der Waals surface area (Å²) in [5, 5.41) is 3.30. The predicted octanol–water partition coefficient (Wildman–Crippen LogP) is 2.87. The Bertz CT molecular complexity index is 598. The summed E-state index contributed by atoms with van der Waals surface area (Å²) in [6, 6.07) is 7.21. The molecule has 2 rings (SSSR count). The van der Waals surface area contributed by atoms with Crippen LogP contribution in [0.25, 0.3) is 0 Å². The number of methoxy groups -OCH3 is 1. The van der Waals surface area contributed by atoms with E-state index in [1.54, 1.807) is 32.4 Å². The zero-order valence-corrected chi connectivity index (χ0v) is 12.4. The van der Waals surface area contributed by atoms with E-state index in [9.17, 15) is 4.79 Å². The van der Waals surface area contributed by atoms with E-state index in [1.807, 2.05) is 19.1 Å². The molecule has 1 aromatic heterocycles. The van der Waals surface area contributed by atoms with Crippen molar-refractivity contribution in [2.24, 2.45) is 0 Å². The fourth-order valence-electron chi connectivity index (χ4n) is 1.58. The van der Waals surface area contributed by atoms with Crippen LogP contribution in [0.3, 0.4) is 0 Å². The SMILES string of the molecule is COc1ccccc1O[C@@H](C)C(=O)Nc1ncc(C)s1. The summed E-state index contributed by atoms with van der Waals surface area (Å²) in [4.78, 5) is 17.1. The van der Waals surface area contributed by atoms with Gasteiger partial charge in [-0.05, 0) is 26.0 Å². The van der Waals surface area contributed by atoms with Crippen LogP contribution in [0.2, 0.25) is 0 Å². The third-order valence-electron chi connectivity index (χ3n) is 2.59. The number of benzene rings is 1. The van der Waals surface area contributed by atoms with Crippen molar-refractivity contribution in [1.82, 2.24) is 4.98 Å².